The number of halogens is 1. The van der Waals surface area contributed by atoms with Gasteiger partial charge in [0.05, 0.1) is 7.11 Å². The molecular weight excluding hydrogens is 284 g/mol. The normalized spacial score (nSPS) is 10.5. The Hall–Kier alpha value is -1.43. The number of ketones is 1. The summed E-state index contributed by atoms with van der Waals surface area (Å²) in [7, 11) is 1.56. The summed E-state index contributed by atoms with van der Waals surface area (Å²) in [6.45, 7) is 0.346. The van der Waals surface area contributed by atoms with E-state index in [1.807, 2.05) is 0 Å². The number of hydrogen-bond donors (Lipinski definition) is 1. The topological polar surface area (TPSA) is 65.2 Å². The van der Waals surface area contributed by atoms with Gasteiger partial charge in [0, 0.05) is 28.9 Å². The molecule has 1 aromatic carbocycles. The van der Waals surface area contributed by atoms with Crippen LogP contribution >= 0.6 is 22.9 Å². The van der Waals surface area contributed by atoms with Crippen molar-refractivity contribution in [3.8, 4) is 5.75 Å². The number of methoxy groups -OCH3 is 1. The highest BCUT2D eigenvalue weighted by Crippen LogP contribution is 2.24. The van der Waals surface area contributed by atoms with Crippen molar-refractivity contribution < 1.29 is 9.53 Å². The smallest absolute Gasteiger partial charge is 0.186 e. The second kappa shape index (κ2) is 6.14. The van der Waals surface area contributed by atoms with E-state index < -0.39 is 0 Å². The van der Waals surface area contributed by atoms with Gasteiger partial charge in [-0.2, -0.15) is 0 Å². The van der Waals surface area contributed by atoms with Crippen LogP contribution in [0.15, 0.2) is 23.6 Å². The van der Waals surface area contributed by atoms with Gasteiger partial charge in [-0.05, 0) is 18.2 Å². The SMILES string of the molecule is COc1ccc(Cl)cc1CC(=O)c1csc(CN)n1. The van der Waals surface area contributed by atoms with E-state index in [2.05, 4.69) is 4.98 Å². The molecule has 0 aliphatic carbocycles. The van der Waals surface area contributed by atoms with E-state index in [0.717, 1.165) is 10.6 Å². The first-order chi connectivity index (χ1) is 9.13. The highest BCUT2D eigenvalue weighted by Gasteiger charge is 2.14. The van der Waals surface area contributed by atoms with Crippen LogP contribution in [-0.2, 0) is 13.0 Å². The van der Waals surface area contributed by atoms with Gasteiger partial charge in [-0.3, -0.25) is 4.79 Å². The molecule has 1 aromatic heterocycles. The molecular formula is C13H13ClN2O2S. The fourth-order valence-corrected chi connectivity index (χ4v) is 2.56. The minimum atomic E-state index is -0.0727. The Kier molecular flexibility index (Phi) is 4.52. The minimum Gasteiger partial charge on any atom is -0.496 e. The van der Waals surface area contributed by atoms with Gasteiger partial charge in [-0.15, -0.1) is 11.3 Å². The summed E-state index contributed by atoms with van der Waals surface area (Å²) in [5, 5.41) is 3.05. The first-order valence-corrected chi connectivity index (χ1v) is 6.90. The number of nitrogens with two attached hydrogens (primary N) is 1. The number of carbonyl (C=O) groups excluding carboxylic acids is 1. The molecule has 1 heterocycles. The fraction of sp³-hybridized carbons (Fsp3) is 0.231. The number of carbonyl (C=O) groups is 1. The number of rotatable bonds is 5. The van der Waals surface area contributed by atoms with Crippen LogP contribution in [0.25, 0.3) is 0 Å². The molecule has 0 amide bonds. The maximum absolute atomic E-state index is 12.1. The molecule has 2 N–H and O–H groups in total. The second-order valence-corrected chi connectivity index (χ2v) is 5.27. The lowest BCUT2D eigenvalue weighted by molar-refractivity contribution is 0.0988. The van der Waals surface area contributed by atoms with Crippen LogP contribution in [0.4, 0.5) is 0 Å². The van der Waals surface area contributed by atoms with Crippen molar-refractivity contribution in [1.29, 1.82) is 0 Å². The highest BCUT2D eigenvalue weighted by molar-refractivity contribution is 7.09. The van der Waals surface area contributed by atoms with E-state index in [1.165, 1.54) is 11.3 Å². The summed E-state index contributed by atoms with van der Waals surface area (Å²) in [6.07, 6.45) is 0.206. The zero-order chi connectivity index (χ0) is 13.8. The molecule has 0 saturated heterocycles. The summed E-state index contributed by atoms with van der Waals surface area (Å²) >= 11 is 7.32. The van der Waals surface area contributed by atoms with Gasteiger partial charge in [0.2, 0.25) is 0 Å². The van der Waals surface area contributed by atoms with Crippen LogP contribution < -0.4 is 10.5 Å². The van der Waals surface area contributed by atoms with Gasteiger partial charge in [0.1, 0.15) is 16.5 Å². The predicted octanol–water partition coefficient (Wildman–Crippen LogP) is 2.69. The fourth-order valence-electron chi connectivity index (χ4n) is 1.68. The highest BCUT2D eigenvalue weighted by atomic mass is 35.5. The number of thiazole rings is 1. The Balaban J connectivity index is 2.20. The average Bonchev–Trinajstić information content (AvgIpc) is 2.88. The standard InChI is InChI=1S/C13H13ClN2O2S/c1-18-12-3-2-9(14)4-8(12)5-11(17)10-7-19-13(6-15)16-10/h2-4,7H,5-6,15H2,1H3. The Bertz CT molecular complexity index is 598. The summed E-state index contributed by atoms with van der Waals surface area (Å²) in [5.74, 6) is 0.573. The van der Waals surface area contributed by atoms with Gasteiger partial charge in [-0.1, -0.05) is 11.6 Å². The van der Waals surface area contributed by atoms with E-state index in [0.29, 0.717) is 23.0 Å². The Morgan fingerprint density at radius 3 is 2.95 bits per heavy atom. The third-order valence-corrected chi connectivity index (χ3v) is 3.71. The number of hydrogen-bond acceptors (Lipinski definition) is 5. The Morgan fingerprint density at radius 2 is 2.32 bits per heavy atom. The molecule has 0 unspecified atom stereocenters. The summed E-state index contributed by atoms with van der Waals surface area (Å²) in [6, 6.07) is 5.20. The monoisotopic (exact) mass is 296 g/mol. The maximum atomic E-state index is 12.1. The third kappa shape index (κ3) is 3.32. The van der Waals surface area contributed by atoms with Gasteiger partial charge in [0.25, 0.3) is 0 Å². The van der Waals surface area contributed by atoms with Crippen molar-refractivity contribution in [2.24, 2.45) is 5.73 Å². The van der Waals surface area contributed by atoms with Crippen molar-refractivity contribution in [1.82, 2.24) is 4.98 Å². The molecule has 6 heteroatoms. The van der Waals surface area contributed by atoms with Crippen LogP contribution in [0.3, 0.4) is 0 Å². The van der Waals surface area contributed by atoms with Crippen molar-refractivity contribution >= 4 is 28.7 Å². The first-order valence-electron chi connectivity index (χ1n) is 5.64. The zero-order valence-electron chi connectivity index (χ0n) is 10.4. The molecule has 0 spiro atoms. The molecule has 4 nitrogen and oxygen atoms in total. The average molecular weight is 297 g/mol. The second-order valence-electron chi connectivity index (χ2n) is 3.89. The lowest BCUT2D eigenvalue weighted by atomic mass is 10.1. The van der Waals surface area contributed by atoms with Gasteiger partial charge < -0.3 is 10.5 Å². The summed E-state index contributed by atoms with van der Waals surface area (Å²) < 4.78 is 5.21. The quantitative estimate of drug-likeness (QED) is 0.862. The first kappa shape index (κ1) is 14.0. The van der Waals surface area contributed by atoms with Crippen molar-refractivity contribution in [3.05, 3.63) is 44.9 Å². The molecule has 2 aromatic rings. The molecule has 0 fully saturated rings. The zero-order valence-corrected chi connectivity index (χ0v) is 11.9. The maximum Gasteiger partial charge on any atom is 0.186 e. The van der Waals surface area contributed by atoms with E-state index in [1.54, 1.807) is 30.7 Å². The largest absolute Gasteiger partial charge is 0.496 e. The van der Waals surface area contributed by atoms with E-state index >= 15 is 0 Å². The Morgan fingerprint density at radius 1 is 1.53 bits per heavy atom. The van der Waals surface area contributed by atoms with E-state index in [4.69, 9.17) is 22.1 Å². The molecule has 100 valence electrons. The van der Waals surface area contributed by atoms with Gasteiger partial charge >= 0.3 is 0 Å². The predicted molar refractivity (Wildman–Crippen MR) is 76.0 cm³/mol. The molecule has 0 atom stereocenters. The lowest BCUT2D eigenvalue weighted by Gasteiger charge is -2.07. The number of aromatic nitrogens is 1. The molecule has 0 radical (unpaired) electrons. The number of nitrogens with zero attached hydrogens (tertiary/aromatic N) is 1. The summed E-state index contributed by atoms with van der Waals surface area (Å²) in [5.41, 5.74) is 6.67. The van der Waals surface area contributed by atoms with Crippen molar-refractivity contribution in [2.75, 3.05) is 7.11 Å². The van der Waals surface area contributed by atoms with Crippen molar-refractivity contribution in [2.45, 2.75) is 13.0 Å². The number of Topliss-reactive ketones (excluding diaryl/α,β-unsaturated/α-hetero) is 1. The molecule has 0 aliphatic rings. The minimum absolute atomic E-state index is 0.0727. The lowest BCUT2D eigenvalue weighted by Crippen LogP contribution is -2.06. The van der Waals surface area contributed by atoms with Crippen molar-refractivity contribution in [3.63, 3.8) is 0 Å². The molecule has 2 rings (SSSR count). The molecule has 0 bridgehead atoms. The van der Waals surface area contributed by atoms with Crippen LogP contribution in [0.5, 0.6) is 5.75 Å². The number of benzene rings is 1. The van der Waals surface area contributed by atoms with Gasteiger partial charge in [-0.25, -0.2) is 4.98 Å². The Labute approximate surface area is 120 Å². The third-order valence-electron chi connectivity index (χ3n) is 2.61. The summed E-state index contributed by atoms with van der Waals surface area (Å²) in [4.78, 5) is 16.3. The van der Waals surface area contributed by atoms with Crippen LogP contribution in [0, 0.1) is 0 Å². The number of ether oxygens (including phenoxy) is 1. The van der Waals surface area contributed by atoms with Crippen LogP contribution in [-0.4, -0.2) is 17.9 Å². The van der Waals surface area contributed by atoms with Crippen LogP contribution in [0.2, 0.25) is 5.02 Å². The van der Waals surface area contributed by atoms with E-state index in [9.17, 15) is 4.79 Å². The molecule has 19 heavy (non-hydrogen) atoms. The molecule has 0 saturated carbocycles. The van der Waals surface area contributed by atoms with E-state index in [-0.39, 0.29) is 12.2 Å². The van der Waals surface area contributed by atoms with Crippen LogP contribution in [0.1, 0.15) is 21.1 Å². The molecule has 0 aliphatic heterocycles. The van der Waals surface area contributed by atoms with Gasteiger partial charge in [0.15, 0.2) is 5.78 Å².